The highest BCUT2D eigenvalue weighted by molar-refractivity contribution is 14.0. The molecule has 144 valence electrons. The number of hydrogen-bond acceptors (Lipinski definition) is 3. The zero-order valence-electron chi connectivity index (χ0n) is 15.4. The largest absolute Gasteiger partial charge is 0.486 e. The summed E-state index contributed by atoms with van der Waals surface area (Å²) in [5.74, 6) is 0.610. The number of nitrogens with one attached hydrogen (secondary N) is 2. The van der Waals surface area contributed by atoms with Gasteiger partial charge in [-0.3, -0.25) is 9.67 Å². The summed E-state index contributed by atoms with van der Waals surface area (Å²) < 4.78 is 21.0. The Morgan fingerprint density at radius 3 is 2.77 bits per heavy atom. The van der Waals surface area contributed by atoms with E-state index >= 15 is 0 Å². The van der Waals surface area contributed by atoms with Gasteiger partial charge in [-0.2, -0.15) is 5.10 Å². The number of rotatable bonds is 8. The summed E-state index contributed by atoms with van der Waals surface area (Å²) >= 11 is 0. The van der Waals surface area contributed by atoms with Crippen LogP contribution in [0.3, 0.4) is 0 Å². The molecule has 0 bridgehead atoms. The third-order valence-corrected chi connectivity index (χ3v) is 3.64. The van der Waals surface area contributed by atoms with E-state index in [1.165, 1.54) is 11.6 Å². The summed E-state index contributed by atoms with van der Waals surface area (Å²) in [7, 11) is 3.64. The van der Waals surface area contributed by atoms with Crippen molar-refractivity contribution in [3.63, 3.8) is 0 Å². The number of halogens is 2. The SMILES string of the molecule is CN=C(NCCCc1cnn(C)c1)NCC(C)Oc1ccccc1F.I. The predicted octanol–water partition coefficient (Wildman–Crippen LogP) is 2.74. The fraction of sp³-hybridized carbons (Fsp3) is 0.444. The van der Waals surface area contributed by atoms with E-state index in [1.54, 1.807) is 29.9 Å². The van der Waals surface area contributed by atoms with Crippen LogP contribution in [-0.4, -0.2) is 42.0 Å². The van der Waals surface area contributed by atoms with Gasteiger partial charge in [-0.05, 0) is 37.5 Å². The van der Waals surface area contributed by atoms with Crippen molar-refractivity contribution < 1.29 is 9.13 Å². The Morgan fingerprint density at radius 2 is 2.12 bits per heavy atom. The Labute approximate surface area is 171 Å². The third kappa shape index (κ3) is 7.59. The summed E-state index contributed by atoms with van der Waals surface area (Å²) in [5, 5.41) is 10.6. The Bertz CT molecular complexity index is 692. The number of ether oxygens (including phenoxy) is 1. The number of hydrogen-bond donors (Lipinski definition) is 2. The number of para-hydroxylation sites is 1. The van der Waals surface area contributed by atoms with E-state index in [2.05, 4.69) is 20.7 Å². The van der Waals surface area contributed by atoms with E-state index in [9.17, 15) is 4.39 Å². The zero-order chi connectivity index (χ0) is 18.1. The smallest absolute Gasteiger partial charge is 0.191 e. The van der Waals surface area contributed by atoms with Gasteiger partial charge in [0.2, 0.25) is 0 Å². The quantitative estimate of drug-likeness (QED) is 0.267. The average Bonchev–Trinajstić information content (AvgIpc) is 3.01. The van der Waals surface area contributed by atoms with Crippen molar-refractivity contribution in [2.45, 2.75) is 25.9 Å². The Kier molecular flexibility index (Phi) is 10.0. The normalized spacial score (nSPS) is 12.2. The zero-order valence-corrected chi connectivity index (χ0v) is 17.7. The lowest BCUT2D eigenvalue weighted by Gasteiger charge is -2.18. The molecular formula is C18H27FIN5O. The summed E-state index contributed by atoms with van der Waals surface area (Å²) in [6.07, 6.45) is 5.66. The molecule has 2 N–H and O–H groups in total. The number of aliphatic imine (C=N–C) groups is 1. The van der Waals surface area contributed by atoms with Gasteiger partial charge in [0.15, 0.2) is 17.5 Å². The molecule has 8 heteroatoms. The van der Waals surface area contributed by atoms with E-state index < -0.39 is 0 Å². The first-order valence-corrected chi connectivity index (χ1v) is 8.41. The molecular weight excluding hydrogens is 448 g/mol. The van der Waals surface area contributed by atoms with Crippen LogP contribution < -0.4 is 15.4 Å². The van der Waals surface area contributed by atoms with Crippen molar-refractivity contribution in [2.24, 2.45) is 12.0 Å². The fourth-order valence-electron chi connectivity index (χ4n) is 2.36. The van der Waals surface area contributed by atoms with Gasteiger partial charge in [-0.1, -0.05) is 12.1 Å². The lowest BCUT2D eigenvalue weighted by molar-refractivity contribution is 0.214. The molecule has 6 nitrogen and oxygen atoms in total. The van der Waals surface area contributed by atoms with Crippen LogP contribution in [0, 0.1) is 5.82 Å². The van der Waals surface area contributed by atoms with Crippen LogP contribution in [0.1, 0.15) is 18.9 Å². The minimum Gasteiger partial charge on any atom is -0.486 e. The maximum atomic E-state index is 13.6. The molecule has 0 radical (unpaired) electrons. The van der Waals surface area contributed by atoms with Crippen LogP contribution in [0.15, 0.2) is 41.7 Å². The van der Waals surface area contributed by atoms with Crippen molar-refractivity contribution >= 4 is 29.9 Å². The van der Waals surface area contributed by atoms with Gasteiger partial charge >= 0.3 is 0 Å². The first-order valence-electron chi connectivity index (χ1n) is 8.41. The van der Waals surface area contributed by atoms with Crippen LogP contribution in [0.25, 0.3) is 0 Å². The average molecular weight is 475 g/mol. The molecule has 1 atom stereocenters. The van der Waals surface area contributed by atoms with Gasteiger partial charge < -0.3 is 15.4 Å². The molecule has 0 aliphatic carbocycles. The lowest BCUT2D eigenvalue weighted by Crippen LogP contribution is -2.42. The van der Waals surface area contributed by atoms with Crippen LogP contribution in [0.5, 0.6) is 5.75 Å². The molecule has 0 aliphatic heterocycles. The van der Waals surface area contributed by atoms with Crippen molar-refractivity contribution in [3.05, 3.63) is 48.0 Å². The molecule has 0 spiro atoms. The molecule has 1 heterocycles. The third-order valence-electron chi connectivity index (χ3n) is 3.64. The van der Waals surface area contributed by atoms with Crippen LogP contribution >= 0.6 is 24.0 Å². The highest BCUT2D eigenvalue weighted by atomic mass is 127. The van der Waals surface area contributed by atoms with Crippen molar-refractivity contribution in [3.8, 4) is 5.75 Å². The monoisotopic (exact) mass is 475 g/mol. The number of guanidine groups is 1. The maximum absolute atomic E-state index is 13.6. The second kappa shape index (κ2) is 11.7. The Balaban J connectivity index is 0.00000338. The fourth-order valence-corrected chi connectivity index (χ4v) is 2.36. The second-order valence-corrected chi connectivity index (χ2v) is 5.86. The van der Waals surface area contributed by atoms with Gasteiger partial charge in [0, 0.05) is 26.8 Å². The van der Waals surface area contributed by atoms with Gasteiger partial charge in [-0.25, -0.2) is 4.39 Å². The highest BCUT2D eigenvalue weighted by Gasteiger charge is 2.08. The Hall–Kier alpha value is -1.84. The first-order chi connectivity index (χ1) is 12.1. The van der Waals surface area contributed by atoms with E-state index in [1.807, 2.05) is 26.4 Å². The summed E-state index contributed by atoms with van der Waals surface area (Å²) in [5.41, 5.74) is 1.22. The number of benzene rings is 1. The Morgan fingerprint density at radius 1 is 1.35 bits per heavy atom. The molecule has 0 amide bonds. The molecule has 0 aliphatic rings. The predicted molar refractivity (Wildman–Crippen MR) is 113 cm³/mol. The molecule has 1 aromatic carbocycles. The topological polar surface area (TPSA) is 63.5 Å². The van der Waals surface area contributed by atoms with Gasteiger partial charge in [-0.15, -0.1) is 24.0 Å². The highest BCUT2D eigenvalue weighted by Crippen LogP contribution is 2.16. The molecule has 2 rings (SSSR count). The number of nitrogens with zero attached hydrogens (tertiary/aromatic N) is 3. The van der Waals surface area contributed by atoms with Gasteiger partial charge in [0.1, 0.15) is 6.10 Å². The van der Waals surface area contributed by atoms with Crippen LogP contribution in [-0.2, 0) is 13.5 Å². The minimum absolute atomic E-state index is 0. The van der Waals surface area contributed by atoms with Crippen molar-refractivity contribution in [2.75, 3.05) is 20.1 Å². The number of aryl methyl sites for hydroxylation is 2. The lowest BCUT2D eigenvalue weighted by atomic mass is 10.2. The van der Waals surface area contributed by atoms with E-state index in [4.69, 9.17) is 4.74 Å². The summed E-state index contributed by atoms with van der Waals surface area (Å²) in [6, 6.07) is 6.40. The molecule has 0 saturated carbocycles. The molecule has 0 saturated heterocycles. The first kappa shape index (κ1) is 22.2. The van der Waals surface area contributed by atoms with Gasteiger partial charge in [0.25, 0.3) is 0 Å². The van der Waals surface area contributed by atoms with E-state index in [0.717, 1.165) is 19.4 Å². The molecule has 26 heavy (non-hydrogen) atoms. The van der Waals surface area contributed by atoms with E-state index in [-0.39, 0.29) is 41.6 Å². The maximum Gasteiger partial charge on any atom is 0.191 e. The number of aromatic nitrogens is 2. The van der Waals surface area contributed by atoms with Crippen LogP contribution in [0.2, 0.25) is 0 Å². The standard InChI is InChI=1S/C18H26FN5O.HI/c1-14(25-17-9-5-4-8-16(17)19)11-22-18(20-2)21-10-6-7-15-12-23-24(3)13-15;/h4-5,8-9,12-14H,6-7,10-11H2,1-3H3,(H2,20,21,22);1H. The summed E-state index contributed by atoms with van der Waals surface area (Å²) in [4.78, 5) is 4.18. The molecule has 1 aromatic heterocycles. The van der Waals surface area contributed by atoms with Gasteiger partial charge in [0.05, 0.1) is 12.7 Å². The van der Waals surface area contributed by atoms with Crippen molar-refractivity contribution in [1.29, 1.82) is 0 Å². The van der Waals surface area contributed by atoms with Crippen molar-refractivity contribution in [1.82, 2.24) is 20.4 Å². The summed E-state index contributed by atoms with van der Waals surface area (Å²) in [6.45, 7) is 3.21. The molecule has 2 aromatic rings. The second-order valence-electron chi connectivity index (χ2n) is 5.86. The van der Waals surface area contributed by atoms with Crippen LogP contribution in [0.4, 0.5) is 4.39 Å². The molecule has 1 unspecified atom stereocenters. The van der Waals surface area contributed by atoms with E-state index in [0.29, 0.717) is 12.5 Å². The minimum atomic E-state index is -0.354. The molecule has 0 fully saturated rings.